The number of nitrogens with zero attached hydrogens (tertiary/aromatic N) is 3. The number of rotatable bonds is 5. The van der Waals surface area contributed by atoms with Gasteiger partial charge in [-0.2, -0.15) is 0 Å². The number of aliphatic imine (C=N–C) groups is 1. The molecule has 0 aliphatic carbocycles. The number of benzene rings is 3. The minimum Gasteiger partial charge on any atom is -0.477 e. The first-order valence-electron chi connectivity index (χ1n) is 11.6. The summed E-state index contributed by atoms with van der Waals surface area (Å²) in [5.41, 5.74) is 0.658. The van der Waals surface area contributed by atoms with E-state index in [0.29, 0.717) is 25.6 Å². The molecule has 1 atom stereocenters. The van der Waals surface area contributed by atoms with Crippen molar-refractivity contribution in [3.8, 4) is 5.69 Å². The summed E-state index contributed by atoms with van der Waals surface area (Å²) in [6.45, 7) is 2.92. The van der Waals surface area contributed by atoms with Gasteiger partial charge in [0.05, 0.1) is 22.9 Å². The molecular formula is C28H22F3N3O3. The van der Waals surface area contributed by atoms with Gasteiger partial charge in [0.2, 0.25) is 5.43 Å². The van der Waals surface area contributed by atoms with Gasteiger partial charge < -0.3 is 14.6 Å². The topological polar surface area (TPSA) is 74.9 Å². The van der Waals surface area contributed by atoms with Crippen LogP contribution in [-0.2, 0) is 0 Å². The summed E-state index contributed by atoms with van der Waals surface area (Å²) in [5, 5.41) is 9.28. The second-order valence-corrected chi connectivity index (χ2v) is 9.04. The fourth-order valence-corrected chi connectivity index (χ4v) is 4.53. The van der Waals surface area contributed by atoms with Gasteiger partial charge in [-0.1, -0.05) is 29.8 Å². The van der Waals surface area contributed by atoms with E-state index in [1.54, 1.807) is 11.1 Å². The van der Waals surface area contributed by atoms with Crippen LogP contribution in [0.15, 0.2) is 70.6 Å². The van der Waals surface area contributed by atoms with E-state index in [1.807, 2.05) is 31.2 Å². The van der Waals surface area contributed by atoms with Gasteiger partial charge in [-0.05, 0) is 43.2 Å². The fourth-order valence-electron chi connectivity index (χ4n) is 4.53. The Hall–Kier alpha value is -4.40. The third-order valence-electron chi connectivity index (χ3n) is 6.49. The van der Waals surface area contributed by atoms with E-state index in [2.05, 4.69) is 4.99 Å². The lowest BCUT2D eigenvalue weighted by molar-refractivity contribution is 0.0695. The van der Waals surface area contributed by atoms with Gasteiger partial charge in [-0.25, -0.2) is 18.0 Å². The summed E-state index contributed by atoms with van der Waals surface area (Å²) in [6.07, 6.45) is 3.44. The van der Waals surface area contributed by atoms with Crippen molar-refractivity contribution in [2.24, 2.45) is 4.99 Å². The highest BCUT2D eigenvalue weighted by molar-refractivity contribution is 5.94. The molecule has 1 aliphatic heterocycles. The van der Waals surface area contributed by atoms with Crippen LogP contribution in [-0.4, -0.2) is 41.0 Å². The zero-order chi connectivity index (χ0) is 26.3. The molecule has 2 heterocycles. The number of carboxylic acid groups (broad SMARTS) is 1. The first-order chi connectivity index (χ1) is 17.7. The van der Waals surface area contributed by atoms with E-state index in [0.717, 1.165) is 40.1 Å². The van der Waals surface area contributed by atoms with Crippen LogP contribution in [0, 0.1) is 24.4 Å². The molecule has 1 N–H and O–H groups in total. The highest BCUT2D eigenvalue weighted by atomic mass is 19.1. The summed E-state index contributed by atoms with van der Waals surface area (Å²) in [7, 11) is 0. The maximum atomic E-state index is 15.3. The molecular weight excluding hydrogens is 483 g/mol. The maximum Gasteiger partial charge on any atom is 0.341 e. The largest absolute Gasteiger partial charge is 0.477 e. The fraction of sp³-hybridized carbons (Fsp3) is 0.179. The van der Waals surface area contributed by atoms with Gasteiger partial charge in [0.1, 0.15) is 23.0 Å². The third-order valence-corrected chi connectivity index (χ3v) is 6.49. The number of hydrogen-bond acceptors (Lipinski definition) is 4. The lowest BCUT2D eigenvalue weighted by atomic mass is 10.1. The molecule has 1 fully saturated rings. The third kappa shape index (κ3) is 4.72. The predicted molar refractivity (Wildman–Crippen MR) is 136 cm³/mol. The van der Waals surface area contributed by atoms with E-state index in [4.69, 9.17) is 0 Å². The van der Waals surface area contributed by atoms with E-state index in [-0.39, 0.29) is 28.3 Å². The molecule has 3 aromatic carbocycles. The van der Waals surface area contributed by atoms with Gasteiger partial charge in [-0.15, -0.1) is 0 Å². The number of pyridine rings is 1. The minimum atomic E-state index is -1.54. The second-order valence-electron chi connectivity index (χ2n) is 9.04. The average molecular weight is 505 g/mol. The van der Waals surface area contributed by atoms with Crippen LogP contribution < -0.4 is 10.3 Å². The number of aryl methyl sites for hydroxylation is 1. The monoisotopic (exact) mass is 505 g/mol. The lowest BCUT2D eigenvalue weighted by Gasteiger charge is -2.21. The normalized spacial score (nSPS) is 15.7. The van der Waals surface area contributed by atoms with Crippen LogP contribution in [0.1, 0.15) is 27.9 Å². The zero-order valence-corrected chi connectivity index (χ0v) is 19.8. The molecule has 0 saturated carbocycles. The van der Waals surface area contributed by atoms with E-state index >= 15 is 4.39 Å². The summed E-state index contributed by atoms with van der Waals surface area (Å²) < 4.78 is 44.6. The Labute approximate surface area is 209 Å². The van der Waals surface area contributed by atoms with Crippen molar-refractivity contribution in [3.05, 3.63) is 105 Å². The Morgan fingerprint density at radius 3 is 2.46 bits per heavy atom. The molecule has 0 bridgehead atoms. The molecule has 1 unspecified atom stereocenters. The average Bonchev–Trinajstić information content (AvgIpc) is 3.33. The van der Waals surface area contributed by atoms with Crippen LogP contribution in [0.5, 0.6) is 0 Å². The first-order valence-corrected chi connectivity index (χ1v) is 11.6. The number of anilines is 1. The molecule has 0 radical (unpaired) electrons. The quantitative estimate of drug-likeness (QED) is 0.383. The molecule has 0 spiro atoms. The van der Waals surface area contributed by atoms with Crippen molar-refractivity contribution >= 4 is 28.8 Å². The van der Waals surface area contributed by atoms with Crippen molar-refractivity contribution in [3.63, 3.8) is 0 Å². The summed E-state index contributed by atoms with van der Waals surface area (Å²) in [5.74, 6) is -4.02. The molecule has 4 aromatic rings. The molecule has 9 heteroatoms. The van der Waals surface area contributed by atoms with Crippen molar-refractivity contribution in [2.45, 2.75) is 19.4 Å². The number of aromatic carboxylic acids is 1. The number of halogens is 3. The number of carbonyl (C=O) groups is 1. The summed E-state index contributed by atoms with van der Waals surface area (Å²) >= 11 is 0. The maximum absolute atomic E-state index is 15.3. The van der Waals surface area contributed by atoms with Gasteiger partial charge in [0.15, 0.2) is 0 Å². The Morgan fingerprint density at radius 2 is 1.76 bits per heavy atom. The predicted octanol–water partition coefficient (Wildman–Crippen LogP) is 5.11. The molecule has 1 aromatic heterocycles. The van der Waals surface area contributed by atoms with Gasteiger partial charge in [0.25, 0.3) is 0 Å². The number of hydrogen-bond donors (Lipinski definition) is 1. The highest BCUT2D eigenvalue weighted by Gasteiger charge is 2.26. The minimum absolute atomic E-state index is 0.0810. The Balaban J connectivity index is 1.56. The second kappa shape index (κ2) is 9.57. The van der Waals surface area contributed by atoms with Crippen LogP contribution >= 0.6 is 0 Å². The van der Waals surface area contributed by atoms with Crippen molar-refractivity contribution < 1.29 is 23.1 Å². The van der Waals surface area contributed by atoms with Gasteiger partial charge >= 0.3 is 5.97 Å². The summed E-state index contributed by atoms with van der Waals surface area (Å²) in [4.78, 5) is 30.9. The van der Waals surface area contributed by atoms with E-state index < -0.39 is 34.4 Å². The van der Waals surface area contributed by atoms with E-state index in [9.17, 15) is 23.5 Å². The molecule has 6 nitrogen and oxygen atoms in total. The van der Waals surface area contributed by atoms with Crippen molar-refractivity contribution in [1.82, 2.24) is 4.57 Å². The molecule has 1 aliphatic rings. The standard InChI is InChI=1S/C28H22F3N3O3/c1-16-2-4-17(5-3-16)13-32-19-8-9-33(14-19)26-12-25-20(11-23(26)31)27(35)21(28(36)37)15-34(25)24-7-6-18(29)10-22(24)30/h2-7,10-13,15,19H,8-9,14H2,1H3,(H,36,37). The van der Waals surface area contributed by atoms with Gasteiger partial charge in [-0.3, -0.25) is 9.79 Å². The zero-order valence-electron chi connectivity index (χ0n) is 19.8. The first kappa shape index (κ1) is 24.3. The molecule has 0 amide bonds. The molecule has 37 heavy (non-hydrogen) atoms. The lowest BCUT2D eigenvalue weighted by Crippen LogP contribution is -2.23. The van der Waals surface area contributed by atoms with Crippen LogP contribution in [0.3, 0.4) is 0 Å². The Morgan fingerprint density at radius 1 is 1.03 bits per heavy atom. The number of fused-ring (bicyclic) bond motifs is 1. The summed E-state index contributed by atoms with van der Waals surface area (Å²) in [6, 6.07) is 13.0. The molecule has 1 saturated heterocycles. The Bertz CT molecular complexity index is 1610. The van der Waals surface area contributed by atoms with Gasteiger partial charge in [0, 0.05) is 37.0 Å². The number of carboxylic acids is 1. The SMILES string of the molecule is Cc1ccc(C=NC2CCN(c3cc4c(cc3F)c(=O)c(C(=O)O)cn4-c3ccc(F)cc3F)C2)cc1. The van der Waals surface area contributed by atoms with Crippen molar-refractivity contribution in [2.75, 3.05) is 18.0 Å². The van der Waals surface area contributed by atoms with Crippen LogP contribution in [0.4, 0.5) is 18.9 Å². The van der Waals surface area contributed by atoms with E-state index in [1.165, 1.54) is 6.07 Å². The number of aromatic nitrogens is 1. The molecule has 188 valence electrons. The highest BCUT2D eigenvalue weighted by Crippen LogP contribution is 2.30. The smallest absolute Gasteiger partial charge is 0.341 e. The van der Waals surface area contributed by atoms with Crippen LogP contribution in [0.25, 0.3) is 16.6 Å². The molecule has 5 rings (SSSR count). The Kier molecular flexibility index (Phi) is 6.29. The van der Waals surface area contributed by atoms with Crippen LogP contribution in [0.2, 0.25) is 0 Å². The van der Waals surface area contributed by atoms with Crippen molar-refractivity contribution in [1.29, 1.82) is 0 Å².